The second-order valence-electron chi connectivity index (χ2n) is 1.92. The number of hydrogen-bond acceptors (Lipinski definition) is 3. The highest BCUT2D eigenvalue weighted by atomic mass is 35.5. The summed E-state index contributed by atoms with van der Waals surface area (Å²) in [6.45, 7) is -0.128. The quantitative estimate of drug-likeness (QED) is 0.745. The van der Waals surface area contributed by atoms with Crippen LogP contribution in [-0.4, -0.2) is 17.5 Å². The van der Waals surface area contributed by atoms with Gasteiger partial charge in [-0.25, -0.2) is 4.98 Å². The second-order valence-corrected chi connectivity index (χ2v) is 1.92. The summed E-state index contributed by atoms with van der Waals surface area (Å²) in [5.41, 5.74) is 4.85. The number of hydrogen-bond donors (Lipinski definition) is 1. The maximum atomic E-state index is 10.2. The van der Waals surface area contributed by atoms with Crippen LogP contribution in [0, 0.1) is 0 Å². The number of pyridine rings is 1. The lowest BCUT2D eigenvalue weighted by Gasteiger charge is -1.99. The highest BCUT2D eigenvalue weighted by molar-refractivity contribution is 5.85. The number of nitrogens with two attached hydrogens (primary N) is 1. The van der Waals surface area contributed by atoms with E-state index in [1.165, 1.54) is 0 Å². The summed E-state index contributed by atoms with van der Waals surface area (Å²) < 4.78 is 4.88. The Morgan fingerprint density at radius 3 is 2.83 bits per heavy atom. The average Bonchev–Trinajstić information content (AvgIpc) is 2.03. The summed E-state index contributed by atoms with van der Waals surface area (Å²) in [6, 6.07) is 5.18. The molecule has 1 heterocycles. The lowest BCUT2D eigenvalue weighted by molar-refractivity contribution is -0.120. The SMILES string of the molecule is Cl.NC(=O)COc1ccccn1. The highest BCUT2D eigenvalue weighted by Gasteiger charge is 1.95. The fraction of sp³-hybridized carbons (Fsp3) is 0.143. The first-order chi connectivity index (χ1) is 5.29. The molecule has 0 aliphatic heterocycles. The number of rotatable bonds is 3. The van der Waals surface area contributed by atoms with Crippen LogP contribution in [0.25, 0.3) is 0 Å². The van der Waals surface area contributed by atoms with Crippen molar-refractivity contribution in [2.24, 2.45) is 5.73 Å². The maximum Gasteiger partial charge on any atom is 0.255 e. The van der Waals surface area contributed by atoms with Crippen molar-refractivity contribution in [1.29, 1.82) is 0 Å². The standard InChI is InChI=1S/C7H8N2O2.ClH/c8-6(10)5-11-7-3-1-2-4-9-7;/h1-4H,5H2,(H2,8,10);1H. The summed E-state index contributed by atoms with van der Waals surface area (Å²) in [4.78, 5) is 14.1. The molecule has 1 amide bonds. The molecule has 1 aromatic heterocycles. The zero-order chi connectivity index (χ0) is 8.10. The molecule has 1 aromatic rings. The molecule has 1 rings (SSSR count). The number of amides is 1. The minimum absolute atomic E-state index is 0. The van der Waals surface area contributed by atoms with Gasteiger partial charge < -0.3 is 10.5 Å². The van der Waals surface area contributed by atoms with E-state index in [4.69, 9.17) is 10.5 Å². The molecule has 66 valence electrons. The van der Waals surface area contributed by atoms with Crippen molar-refractivity contribution >= 4 is 18.3 Å². The van der Waals surface area contributed by atoms with Gasteiger partial charge in [-0.05, 0) is 6.07 Å². The molecule has 0 spiro atoms. The number of primary amides is 1. The average molecular weight is 189 g/mol. The van der Waals surface area contributed by atoms with Gasteiger partial charge in [0.05, 0.1) is 0 Å². The van der Waals surface area contributed by atoms with Gasteiger partial charge in [-0.1, -0.05) is 6.07 Å². The third-order valence-electron chi connectivity index (χ3n) is 1.00. The molecule has 0 saturated heterocycles. The Labute approximate surface area is 76.1 Å². The third kappa shape index (κ3) is 3.78. The lowest BCUT2D eigenvalue weighted by atomic mass is 10.5. The highest BCUT2D eigenvalue weighted by Crippen LogP contribution is 2.01. The first-order valence-corrected chi connectivity index (χ1v) is 3.11. The van der Waals surface area contributed by atoms with E-state index in [-0.39, 0.29) is 19.0 Å². The Hall–Kier alpha value is -1.29. The number of carbonyl (C=O) groups is 1. The molecule has 0 radical (unpaired) electrons. The molecule has 0 bridgehead atoms. The van der Waals surface area contributed by atoms with Gasteiger partial charge in [0.25, 0.3) is 5.91 Å². The molecular weight excluding hydrogens is 180 g/mol. The van der Waals surface area contributed by atoms with E-state index in [9.17, 15) is 4.79 Å². The van der Waals surface area contributed by atoms with Gasteiger partial charge in [0, 0.05) is 12.3 Å². The van der Waals surface area contributed by atoms with Gasteiger partial charge in [-0.2, -0.15) is 0 Å². The second kappa shape index (κ2) is 5.37. The maximum absolute atomic E-state index is 10.2. The minimum atomic E-state index is -0.504. The van der Waals surface area contributed by atoms with Gasteiger partial charge >= 0.3 is 0 Å². The zero-order valence-electron chi connectivity index (χ0n) is 6.27. The lowest BCUT2D eigenvalue weighted by Crippen LogP contribution is -2.20. The van der Waals surface area contributed by atoms with Crippen molar-refractivity contribution in [3.05, 3.63) is 24.4 Å². The molecule has 0 unspecified atom stereocenters. The molecule has 0 aliphatic carbocycles. The van der Waals surface area contributed by atoms with Gasteiger partial charge in [0.15, 0.2) is 6.61 Å². The first-order valence-electron chi connectivity index (χ1n) is 3.11. The molecule has 4 nitrogen and oxygen atoms in total. The fourth-order valence-corrected chi connectivity index (χ4v) is 0.578. The molecule has 12 heavy (non-hydrogen) atoms. The van der Waals surface area contributed by atoms with Gasteiger partial charge in [-0.15, -0.1) is 12.4 Å². The molecule has 0 saturated carbocycles. The number of nitrogens with zero attached hydrogens (tertiary/aromatic N) is 1. The van der Waals surface area contributed by atoms with Gasteiger partial charge in [0.2, 0.25) is 5.88 Å². The predicted molar refractivity (Wildman–Crippen MR) is 46.2 cm³/mol. The number of carbonyl (C=O) groups excluding carboxylic acids is 1. The van der Waals surface area contributed by atoms with Crippen LogP contribution in [0.2, 0.25) is 0 Å². The predicted octanol–water partition coefficient (Wildman–Crippen LogP) is 0.367. The monoisotopic (exact) mass is 188 g/mol. The minimum Gasteiger partial charge on any atom is -0.468 e. The Morgan fingerprint density at radius 2 is 2.33 bits per heavy atom. The van der Waals surface area contributed by atoms with E-state index in [0.717, 1.165) is 0 Å². The first kappa shape index (κ1) is 10.7. The number of halogens is 1. The van der Waals surface area contributed by atoms with Gasteiger partial charge in [-0.3, -0.25) is 4.79 Å². The van der Waals surface area contributed by atoms with E-state index in [0.29, 0.717) is 5.88 Å². The molecule has 2 N–H and O–H groups in total. The van der Waals surface area contributed by atoms with Crippen LogP contribution in [-0.2, 0) is 4.79 Å². The molecule has 0 fully saturated rings. The summed E-state index contributed by atoms with van der Waals surface area (Å²) in [5.74, 6) is -0.0954. The molecule has 5 heteroatoms. The largest absolute Gasteiger partial charge is 0.468 e. The normalized spacial score (nSPS) is 8.33. The van der Waals surface area contributed by atoms with Crippen molar-refractivity contribution < 1.29 is 9.53 Å². The Morgan fingerprint density at radius 1 is 1.58 bits per heavy atom. The fourth-order valence-electron chi connectivity index (χ4n) is 0.578. The number of ether oxygens (including phenoxy) is 1. The van der Waals surface area contributed by atoms with E-state index in [1.807, 2.05) is 0 Å². The van der Waals surface area contributed by atoms with Crippen LogP contribution in [0.1, 0.15) is 0 Å². The van der Waals surface area contributed by atoms with Crippen LogP contribution in [0.15, 0.2) is 24.4 Å². The smallest absolute Gasteiger partial charge is 0.255 e. The van der Waals surface area contributed by atoms with Crippen LogP contribution >= 0.6 is 12.4 Å². The van der Waals surface area contributed by atoms with Crippen molar-refractivity contribution in [2.45, 2.75) is 0 Å². The van der Waals surface area contributed by atoms with Crippen molar-refractivity contribution in [2.75, 3.05) is 6.61 Å². The summed E-state index contributed by atoms with van der Waals surface area (Å²) in [5, 5.41) is 0. The van der Waals surface area contributed by atoms with Crippen LogP contribution in [0.3, 0.4) is 0 Å². The third-order valence-corrected chi connectivity index (χ3v) is 1.00. The molecular formula is C7H9ClN2O2. The van der Waals surface area contributed by atoms with Crippen LogP contribution in [0.4, 0.5) is 0 Å². The van der Waals surface area contributed by atoms with E-state index in [2.05, 4.69) is 4.98 Å². The van der Waals surface area contributed by atoms with Gasteiger partial charge in [0.1, 0.15) is 0 Å². The Bertz CT molecular complexity index is 240. The summed E-state index contributed by atoms with van der Waals surface area (Å²) in [7, 11) is 0. The van der Waals surface area contributed by atoms with Crippen molar-refractivity contribution in [1.82, 2.24) is 4.98 Å². The van der Waals surface area contributed by atoms with Crippen molar-refractivity contribution in [3.63, 3.8) is 0 Å². The summed E-state index contributed by atoms with van der Waals surface area (Å²) in [6.07, 6.45) is 1.58. The van der Waals surface area contributed by atoms with E-state index in [1.54, 1.807) is 24.4 Å². The summed E-state index contributed by atoms with van der Waals surface area (Å²) >= 11 is 0. The topological polar surface area (TPSA) is 65.2 Å². The van der Waals surface area contributed by atoms with Crippen molar-refractivity contribution in [3.8, 4) is 5.88 Å². The van der Waals surface area contributed by atoms with Crippen LogP contribution < -0.4 is 10.5 Å². The Kier molecular flexibility index (Phi) is 4.79. The van der Waals surface area contributed by atoms with E-state index >= 15 is 0 Å². The number of aromatic nitrogens is 1. The van der Waals surface area contributed by atoms with Crippen LogP contribution in [0.5, 0.6) is 5.88 Å². The Balaban J connectivity index is 0.00000121. The molecule has 0 aliphatic rings. The molecule has 0 aromatic carbocycles. The molecule has 0 atom stereocenters. The van der Waals surface area contributed by atoms with E-state index < -0.39 is 5.91 Å². The zero-order valence-corrected chi connectivity index (χ0v) is 7.08.